The fraction of sp³-hybridized carbons (Fsp3) is 0.118. The number of pyridine rings is 1. The maximum atomic E-state index is 6.17. The summed E-state index contributed by atoms with van der Waals surface area (Å²) in [5, 5.41) is 6.84. The number of nitrogen functional groups attached to an aromatic ring is 1. The lowest BCUT2D eigenvalue weighted by Gasteiger charge is -2.13. The molecule has 122 valence electrons. The van der Waals surface area contributed by atoms with Crippen molar-refractivity contribution in [2.45, 2.75) is 13.8 Å². The molecular formula is C17H17ClN6. The monoisotopic (exact) mass is 340 g/mol. The van der Waals surface area contributed by atoms with Crippen LogP contribution in [0, 0.1) is 13.8 Å². The second-order valence-corrected chi connectivity index (χ2v) is 5.83. The highest BCUT2D eigenvalue weighted by atomic mass is 35.5. The van der Waals surface area contributed by atoms with Gasteiger partial charge in [0.1, 0.15) is 17.8 Å². The normalized spacial score (nSPS) is 10.5. The molecule has 0 unspecified atom stereocenters. The van der Waals surface area contributed by atoms with E-state index < -0.39 is 0 Å². The van der Waals surface area contributed by atoms with E-state index in [0.717, 1.165) is 5.69 Å². The van der Waals surface area contributed by atoms with E-state index in [1.807, 2.05) is 18.2 Å². The molecule has 1 aromatic carbocycles. The number of anilines is 5. The van der Waals surface area contributed by atoms with Crippen molar-refractivity contribution in [3.63, 3.8) is 0 Å². The zero-order valence-electron chi connectivity index (χ0n) is 13.3. The SMILES string of the molecule is Cc1ccc(Nc2ncnc(Nc3ccc(Cl)cn3)c2N)cc1C. The van der Waals surface area contributed by atoms with Gasteiger partial charge in [-0.2, -0.15) is 0 Å². The van der Waals surface area contributed by atoms with Gasteiger partial charge >= 0.3 is 0 Å². The lowest BCUT2D eigenvalue weighted by molar-refractivity contribution is 1.16. The molecule has 0 aliphatic carbocycles. The van der Waals surface area contributed by atoms with E-state index in [2.05, 4.69) is 39.4 Å². The van der Waals surface area contributed by atoms with Gasteiger partial charge in [-0.25, -0.2) is 15.0 Å². The molecule has 0 atom stereocenters. The minimum absolute atomic E-state index is 0.410. The predicted molar refractivity (Wildman–Crippen MR) is 98.2 cm³/mol. The summed E-state index contributed by atoms with van der Waals surface area (Å²) in [6, 6.07) is 9.57. The Balaban J connectivity index is 1.84. The third kappa shape index (κ3) is 3.55. The van der Waals surface area contributed by atoms with E-state index in [-0.39, 0.29) is 0 Å². The zero-order valence-corrected chi connectivity index (χ0v) is 14.1. The van der Waals surface area contributed by atoms with Gasteiger partial charge < -0.3 is 16.4 Å². The highest BCUT2D eigenvalue weighted by Gasteiger charge is 2.09. The maximum Gasteiger partial charge on any atom is 0.160 e. The van der Waals surface area contributed by atoms with Crippen LogP contribution >= 0.6 is 11.6 Å². The smallest absolute Gasteiger partial charge is 0.160 e. The van der Waals surface area contributed by atoms with E-state index in [0.29, 0.717) is 28.2 Å². The molecule has 4 N–H and O–H groups in total. The number of hydrogen-bond acceptors (Lipinski definition) is 6. The van der Waals surface area contributed by atoms with Crippen molar-refractivity contribution in [3.05, 3.63) is 59.0 Å². The van der Waals surface area contributed by atoms with Crippen molar-refractivity contribution in [2.75, 3.05) is 16.4 Å². The van der Waals surface area contributed by atoms with E-state index >= 15 is 0 Å². The molecule has 0 saturated heterocycles. The molecule has 0 aliphatic heterocycles. The molecule has 0 radical (unpaired) electrons. The van der Waals surface area contributed by atoms with Crippen molar-refractivity contribution in [1.82, 2.24) is 15.0 Å². The van der Waals surface area contributed by atoms with Crippen molar-refractivity contribution in [2.24, 2.45) is 0 Å². The summed E-state index contributed by atoms with van der Waals surface area (Å²) >= 11 is 5.83. The van der Waals surface area contributed by atoms with Crippen LogP contribution in [0.2, 0.25) is 5.02 Å². The van der Waals surface area contributed by atoms with Gasteiger partial charge in [-0.15, -0.1) is 0 Å². The number of nitrogens with zero attached hydrogens (tertiary/aromatic N) is 3. The molecule has 0 saturated carbocycles. The number of aromatic nitrogens is 3. The fourth-order valence-corrected chi connectivity index (χ4v) is 2.23. The third-order valence-corrected chi connectivity index (χ3v) is 3.85. The lowest BCUT2D eigenvalue weighted by Crippen LogP contribution is -2.06. The molecule has 2 heterocycles. The fourth-order valence-electron chi connectivity index (χ4n) is 2.12. The van der Waals surface area contributed by atoms with E-state index in [4.69, 9.17) is 17.3 Å². The number of halogens is 1. The van der Waals surface area contributed by atoms with E-state index in [9.17, 15) is 0 Å². The van der Waals surface area contributed by atoms with Gasteiger partial charge in [-0.3, -0.25) is 0 Å². The number of nitrogens with two attached hydrogens (primary N) is 1. The van der Waals surface area contributed by atoms with Gasteiger partial charge in [0.25, 0.3) is 0 Å². The standard InChI is InChI=1S/C17H17ClN6/c1-10-3-5-13(7-11(10)2)23-16-15(19)17(22-9-21-16)24-14-6-4-12(18)8-20-14/h3-9H,19H2,1-2H3,(H2,20,21,22,23,24). The Morgan fingerprint density at radius 3 is 2.33 bits per heavy atom. The molecule has 6 nitrogen and oxygen atoms in total. The van der Waals surface area contributed by atoms with Crippen molar-refractivity contribution in [1.29, 1.82) is 0 Å². The molecule has 0 aliphatic rings. The topological polar surface area (TPSA) is 88.8 Å². The highest BCUT2D eigenvalue weighted by molar-refractivity contribution is 6.30. The molecule has 24 heavy (non-hydrogen) atoms. The van der Waals surface area contributed by atoms with E-state index in [1.165, 1.54) is 17.5 Å². The molecule has 2 aromatic heterocycles. The zero-order chi connectivity index (χ0) is 17.1. The van der Waals surface area contributed by atoms with Gasteiger partial charge in [0.05, 0.1) is 5.02 Å². The Hall–Kier alpha value is -2.86. The Bertz CT molecular complexity index is 863. The molecule has 3 aromatic rings. The van der Waals surface area contributed by atoms with Crippen LogP contribution in [-0.2, 0) is 0 Å². The Kier molecular flexibility index (Phi) is 4.48. The summed E-state index contributed by atoms with van der Waals surface area (Å²) < 4.78 is 0. The Morgan fingerprint density at radius 1 is 0.917 bits per heavy atom. The van der Waals surface area contributed by atoms with Crippen molar-refractivity contribution < 1.29 is 0 Å². The second-order valence-electron chi connectivity index (χ2n) is 5.40. The quantitative estimate of drug-likeness (QED) is 0.659. The highest BCUT2D eigenvalue weighted by Crippen LogP contribution is 2.28. The van der Waals surface area contributed by atoms with Crippen LogP contribution in [-0.4, -0.2) is 15.0 Å². The van der Waals surface area contributed by atoms with Gasteiger partial charge in [0.2, 0.25) is 0 Å². The number of nitrogens with one attached hydrogen (secondary N) is 2. The van der Waals surface area contributed by atoms with Gasteiger partial charge in [-0.05, 0) is 49.2 Å². The summed E-state index contributed by atoms with van der Waals surface area (Å²) in [7, 11) is 0. The first kappa shape index (κ1) is 16.0. The van der Waals surface area contributed by atoms with E-state index in [1.54, 1.807) is 18.3 Å². The van der Waals surface area contributed by atoms with Crippen LogP contribution in [0.1, 0.15) is 11.1 Å². The average Bonchev–Trinajstić information content (AvgIpc) is 2.57. The first-order valence-electron chi connectivity index (χ1n) is 7.36. The Labute approximate surface area is 145 Å². The number of benzene rings is 1. The summed E-state index contributed by atoms with van der Waals surface area (Å²) in [4.78, 5) is 12.6. The first-order chi connectivity index (χ1) is 11.5. The molecule has 0 spiro atoms. The predicted octanol–water partition coefficient (Wildman–Crippen LogP) is 4.21. The average molecular weight is 341 g/mol. The summed E-state index contributed by atoms with van der Waals surface area (Å²) in [6.45, 7) is 4.13. The molecular weight excluding hydrogens is 324 g/mol. The van der Waals surface area contributed by atoms with Gasteiger partial charge in [-0.1, -0.05) is 17.7 Å². The largest absolute Gasteiger partial charge is 0.393 e. The summed E-state index contributed by atoms with van der Waals surface area (Å²) in [5.41, 5.74) is 9.92. The summed E-state index contributed by atoms with van der Waals surface area (Å²) in [6.07, 6.45) is 2.99. The van der Waals surface area contributed by atoms with Gasteiger partial charge in [0, 0.05) is 11.9 Å². The molecule has 3 rings (SSSR count). The van der Waals surface area contributed by atoms with Crippen LogP contribution in [0.4, 0.5) is 28.8 Å². The van der Waals surface area contributed by atoms with Crippen LogP contribution in [0.15, 0.2) is 42.9 Å². The molecule has 7 heteroatoms. The molecule has 0 fully saturated rings. The number of hydrogen-bond donors (Lipinski definition) is 3. The minimum atomic E-state index is 0.410. The molecule has 0 bridgehead atoms. The minimum Gasteiger partial charge on any atom is -0.393 e. The van der Waals surface area contributed by atoms with Gasteiger partial charge in [0.15, 0.2) is 11.6 Å². The van der Waals surface area contributed by atoms with Crippen LogP contribution < -0.4 is 16.4 Å². The second kappa shape index (κ2) is 6.72. The van der Waals surface area contributed by atoms with Crippen molar-refractivity contribution >= 4 is 40.4 Å². The van der Waals surface area contributed by atoms with Crippen LogP contribution in [0.5, 0.6) is 0 Å². The van der Waals surface area contributed by atoms with Crippen LogP contribution in [0.25, 0.3) is 0 Å². The third-order valence-electron chi connectivity index (χ3n) is 3.63. The van der Waals surface area contributed by atoms with Crippen LogP contribution in [0.3, 0.4) is 0 Å². The maximum absolute atomic E-state index is 6.17. The first-order valence-corrected chi connectivity index (χ1v) is 7.74. The summed E-state index contributed by atoms with van der Waals surface area (Å²) in [5.74, 6) is 1.61. The number of aryl methyl sites for hydroxylation is 2. The Morgan fingerprint density at radius 2 is 1.67 bits per heavy atom. The molecule has 0 amide bonds. The van der Waals surface area contributed by atoms with Crippen molar-refractivity contribution in [3.8, 4) is 0 Å². The lowest BCUT2D eigenvalue weighted by atomic mass is 10.1. The number of rotatable bonds is 4.